The van der Waals surface area contributed by atoms with Crippen molar-refractivity contribution in [1.29, 1.82) is 0 Å². The van der Waals surface area contributed by atoms with Crippen LogP contribution in [-0.4, -0.2) is 5.11 Å². The zero-order valence-corrected chi connectivity index (χ0v) is 12.7. The molecular formula is C14H12Cl2N2OS. The van der Waals surface area contributed by atoms with Gasteiger partial charge < -0.3 is 5.32 Å². The van der Waals surface area contributed by atoms with Crippen molar-refractivity contribution >= 4 is 46.2 Å². The van der Waals surface area contributed by atoms with Crippen LogP contribution in [0.4, 0.5) is 5.69 Å². The van der Waals surface area contributed by atoms with Crippen molar-refractivity contribution < 1.29 is 4.84 Å². The molecule has 0 radical (unpaired) electrons. The van der Waals surface area contributed by atoms with Gasteiger partial charge in [0.15, 0.2) is 5.11 Å². The zero-order chi connectivity index (χ0) is 14.4. The van der Waals surface area contributed by atoms with Crippen LogP contribution >= 0.6 is 35.4 Å². The van der Waals surface area contributed by atoms with Crippen LogP contribution in [0, 0.1) is 0 Å². The Kier molecular flexibility index (Phi) is 5.61. The summed E-state index contributed by atoms with van der Waals surface area (Å²) in [5.74, 6) is 0. The van der Waals surface area contributed by atoms with E-state index in [0.717, 1.165) is 5.56 Å². The number of benzene rings is 2. The van der Waals surface area contributed by atoms with E-state index in [9.17, 15) is 0 Å². The number of hydrogen-bond donors (Lipinski definition) is 2. The Balaban J connectivity index is 1.81. The van der Waals surface area contributed by atoms with Crippen LogP contribution in [0.15, 0.2) is 48.5 Å². The Bertz CT molecular complexity index is 573. The molecule has 2 rings (SSSR count). The van der Waals surface area contributed by atoms with Crippen molar-refractivity contribution in [2.45, 2.75) is 6.61 Å². The monoisotopic (exact) mass is 326 g/mol. The lowest BCUT2D eigenvalue weighted by molar-refractivity contribution is 0.0728. The smallest absolute Gasteiger partial charge is 0.195 e. The molecule has 0 spiro atoms. The maximum Gasteiger partial charge on any atom is 0.195 e. The number of rotatable bonds is 4. The first-order valence-corrected chi connectivity index (χ1v) is 6.99. The number of thiocarbonyl (C=S) groups is 1. The maximum absolute atomic E-state index is 5.90. The summed E-state index contributed by atoms with van der Waals surface area (Å²) in [7, 11) is 0. The van der Waals surface area contributed by atoms with E-state index in [1.165, 1.54) is 0 Å². The molecule has 0 aromatic heterocycles. The maximum atomic E-state index is 5.90. The molecule has 0 saturated carbocycles. The average molecular weight is 327 g/mol. The minimum absolute atomic E-state index is 0.333. The van der Waals surface area contributed by atoms with Gasteiger partial charge in [-0.15, -0.1) is 0 Å². The van der Waals surface area contributed by atoms with E-state index in [1.807, 2.05) is 30.3 Å². The van der Waals surface area contributed by atoms with Crippen LogP contribution in [-0.2, 0) is 11.4 Å². The lowest BCUT2D eigenvalue weighted by Crippen LogP contribution is -2.28. The standard InChI is InChI=1S/C14H12Cl2N2OS/c15-11-6-12(16)8-13(7-11)17-14(20)18-19-9-10-4-2-1-3-5-10/h1-8H,9H2,(H2,17,18,20). The third-order valence-electron chi connectivity index (χ3n) is 2.37. The van der Waals surface area contributed by atoms with Crippen molar-refractivity contribution in [3.05, 3.63) is 64.1 Å². The largest absolute Gasteiger partial charge is 0.331 e. The SMILES string of the molecule is S=C(NOCc1ccccc1)Nc1cc(Cl)cc(Cl)c1. The topological polar surface area (TPSA) is 33.3 Å². The second kappa shape index (κ2) is 7.45. The van der Waals surface area contributed by atoms with Crippen LogP contribution in [0.1, 0.15) is 5.56 Å². The molecule has 6 heteroatoms. The fraction of sp³-hybridized carbons (Fsp3) is 0.0714. The molecule has 0 amide bonds. The van der Waals surface area contributed by atoms with Gasteiger partial charge in [-0.25, -0.2) is 5.48 Å². The zero-order valence-electron chi connectivity index (χ0n) is 10.4. The summed E-state index contributed by atoms with van der Waals surface area (Å²) in [6.45, 7) is 0.416. The van der Waals surface area contributed by atoms with Gasteiger partial charge in [0, 0.05) is 15.7 Å². The molecule has 0 fully saturated rings. The molecule has 104 valence electrons. The summed E-state index contributed by atoms with van der Waals surface area (Å²) >= 11 is 16.9. The van der Waals surface area contributed by atoms with Crippen LogP contribution in [0.2, 0.25) is 10.0 Å². The van der Waals surface area contributed by atoms with E-state index in [2.05, 4.69) is 10.8 Å². The molecule has 2 aromatic rings. The third kappa shape index (κ3) is 4.98. The van der Waals surface area contributed by atoms with Crippen LogP contribution in [0.25, 0.3) is 0 Å². The Hall–Kier alpha value is -1.33. The Morgan fingerprint density at radius 1 is 1.05 bits per heavy atom. The van der Waals surface area contributed by atoms with Gasteiger partial charge in [0.05, 0.1) is 6.61 Å². The lowest BCUT2D eigenvalue weighted by Gasteiger charge is -2.11. The fourth-order valence-electron chi connectivity index (χ4n) is 1.54. The van der Waals surface area contributed by atoms with Gasteiger partial charge in [0.25, 0.3) is 0 Å². The number of nitrogens with one attached hydrogen (secondary N) is 2. The van der Waals surface area contributed by atoms with E-state index in [4.69, 9.17) is 40.3 Å². The van der Waals surface area contributed by atoms with E-state index in [0.29, 0.717) is 27.5 Å². The average Bonchev–Trinajstić information content (AvgIpc) is 2.38. The van der Waals surface area contributed by atoms with E-state index >= 15 is 0 Å². The predicted molar refractivity (Wildman–Crippen MR) is 87.0 cm³/mol. The predicted octanol–water partition coefficient (Wildman–Crippen LogP) is 4.41. The highest BCUT2D eigenvalue weighted by atomic mass is 35.5. The van der Waals surface area contributed by atoms with Gasteiger partial charge in [-0.2, -0.15) is 0 Å². The summed E-state index contributed by atoms with van der Waals surface area (Å²) in [4.78, 5) is 5.29. The fourth-order valence-corrected chi connectivity index (χ4v) is 2.24. The lowest BCUT2D eigenvalue weighted by atomic mass is 10.2. The van der Waals surface area contributed by atoms with Crippen molar-refractivity contribution in [2.24, 2.45) is 0 Å². The summed E-state index contributed by atoms with van der Waals surface area (Å²) in [6, 6.07) is 14.9. The highest BCUT2D eigenvalue weighted by Crippen LogP contribution is 2.22. The molecule has 0 heterocycles. The Morgan fingerprint density at radius 2 is 1.70 bits per heavy atom. The third-order valence-corrected chi connectivity index (χ3v) is 2.99. The van der Waals surface area contributed by atoms with Crippen LogP contribution in [0.5, 0.6) is 0 Å². The van der Waals surface area contributed by atoms with Gasteiger partial charge in [-0.3, -0.25) is 4.84 Å². The van der Waals surface area contributed by atoms with Crippen molar-refractivity contribution in [3.63, 3.8) is 0 Å². The van der Waals surface area contributed by atoms with Gasteiger partial charge >= 0.3 is 0 Å². The van der Waals surface area contributed by atoms with Gasteiger partial charge in [0.1, 0.15) is 0 Å². The van der Waals surface area contributed by atoms with Gasteiger partial charge in [0.2, 0.25) is 0 Å². The molecule has 20 heavy (non-hydrogen) atoms. The molecule has 0 atom stereocenters. The number of hydroxylamine groups is 1. The molecule has 0 aliphatic carbocycles. The first-order chi connectivity index (χ1) is 9.63. The molecule has 0 aliphatic rings. The Labute approximate surface area is 132 Å². The van der Waals surface area contributed by atoms with Crippen molar-refractivity contribution in [2.75, 3.05) is 5.32 Å². The minimum Gasteiger partial charge on any atom is -0.331 e. The van der Waals surface area contributed by atoms with E-state index < -0.39 is 0 Å². The second-order valence-corrected chi connectivity index (χ2v) is 5.27. The minimum atomic E-state index is 0.333. The summed E-state index contributed by atoms with van der Waals surface area (Å²) in [5.41, 5.74) is 4.40. The highest BCUT2D eigenvalue weighted by molar-refractivity contribution is 7.80. The Morgan fingerprint density at radius 3 is 2.35 bits per heavy atom. The summed E-state index contributed by atoms with van der Waals surface area (Å²) in [5, 5.41) is 4.34. The molecule has 0 saturated heterocycles. The van der Waals surface area contributed by atoms with Crippen molar-refractivity contribution in [1.82, 2.24) is 5.48 Å². The highest BCUT2D eigenvalue weighted by Gasteiger charge is 2.01. The van der Waals surface area contributed by atoms with E-state index in [1.54, 1.807) is 18.2 Å². The van der Waals surface area contributed by atoms with Crippen LogP contribution in [0.3, 0.4) is 0 Å². The van der Waals surface area contributed by atoms with Gasteiger partial charge in [-0.1, -0.05) is 53.5 Å². The van der Waals surface area contributed by atoms with Crippen LogP contribution < -0.4 is 10.8 Å². The summed E-state index contributed by atoms with van der Waals surface area (Å²) < 4.78 is 0. The molecule has 0 bridgehead atoms. The number of anilines is 1. The van der Waals surface area contributed by atoms with Gasteiger partial charge in [-0.05, 0) is 36.0 Å². The van der Waals surface area contributed by atoms with Crippen molar-refractivity contribution in [3.8, 4) is 0 Å². The first kappa shape index (κ1) is 15.1. The molecule has 2 N–H and O–H groups in total. The first-order valence-electron chi connectivity index (χ1n) is 5.82. The molecule has 2 aromatic carbocycles. The molecule has 3 nitrogen and oxygen atoms in total. The molecule has 0 unspecified atom stereocenters. The summed E-state index contributed by atoms with van der Waals surface area (Å²) in [6.07, 6.45) is 0. The van der Waals surface area contributed by atoms with E-state index in [-0.39, 0.29) is 0 Å². The second-order valence-electron chi connectivity index (χ2n) is 3.99. The number of hydrogen-bond acceptors (Lipinski definition) is 2. The quantitative estimate of drug-likeness (QED) is 0.644. The molecular weight excluding hydrogens is 315 g/mol. The molecule has 0 aliphatic heterocycles. The number of halogens is 2. The normalized spacial score (nSPS) is 10.1.